The highest BCUT2D eigenvalue weighted by Gasteiger charge is 2.21. The van der Waals surface area contributed by atoms with Gasteiger partial charge in [0.1, 0.15) is 18.1 Å². The largest absolute Gasteiger partial charge is 0.333 e. The molecule has 3 aromatic carbocycles. The van der Waals surface area contributed by atoms with Crippen molar-refractivity contribution in [1.29, 1.82) is 0 Å². The van der Waals surface area contributed by atoms with Gasteiger partial charge in [0.15, 0.2) is 11.2 Å². The van der Waals surface area contributed by atoms with Crippen LogP contribution in [0.4, 0.5) is 5.82 Å². The second kappa shape index (κ2) is 11.5. The van der Waals surface area contributed by atoms with Crippen LogP contribution >= 0.6 is 15.9 Å². The first-order chi connectivity index (χ1) is 20.4. The van der Waals surface area contributed by atoms with E-state index in [9.17, 15) is 14.4 Å². The van der Waals surface area contributed by atoms with E-state index in [1.54, 1.807) is 28.8 Å². The number of aromatic nitrogens is 6. The fraction of sp³-hybridized carbons (Fsp3) is 0.129. The molecule has 0 bridgehead atoms. The van der Waals surface area contributed by atoms with E-state index in [0.717, 1.165) is 25.7 Å². The molecule has 0 fully saturated rings. The van der Waals surface area contributed by atoms with Gasteiger partial charge >= 0.3 is 5.69 Å². The molecule has 0 spiro atoms. The van der Waals surface area contributed by atoms with Crippen molar-refractivity contribution in [1.82, 2.24) is 28.2 Å². The Morgan fingerprint density at radius 3 is 2.12 bits per heavy atom. The van der Waals surface area contributed by atoms with Crippen molar-refractivity contribution in [3.05, 3.63) is 134 Å². The molecular weight excluding hydrogens is 598 g/mol. The van der Waals surface area contributed by atoms with Gasteiger partial charge in [0.05, 0.1) is 19.2 Å². The van der Waals surface area contributed by atoms with Crippen LogP contribution in [0.15, 0.2) is 112 Å². The van der Waals surface area contributed by atoms with E-state index in [-0.39, 0.29) is 17.7 Å². The summed E-state index contributed by atoms with van der Waals surface area (Å²) in [6.45, 7) is 0.0909. The summed E-state index contributed by atoms with van der Waals surface area (Å²) in [6.07, 6.45) is 3.16. The lowest BCUT2D eigenvalue weighted by molar-refractivity contribution is -0.116. The van der Waals surface area contributed by atoms with E-state index in [1.807, 2.05) is 84.9 Å². The maximum atomic E-state index is 13.8. The lowest BCUT2D eigenvalue weighted by Gasteiger charge is -2.14. The second-order valence-electron chi connectivity index (χ2n) is 9.88. The summed E-state index contributed by atoms with van der Waals surface area (Å²) in [6, 6.07) is 26.7. The SMILES string of the molecule is Cn1cnc(-c2ccc(Br)cc2)c1NC(=O)Cn1c(=O)c2c(ncn2Cc2ccccc2)n(Cc2ccccc2)c1=O. The van der Waals surface area contributed by atoms with Gasteiger partial charge in [-0.2, -0.15) is 0 Å². The summed E-state index contributed by atoms with van der Waals surface area (Å²) < 4.78 is 6.73. The summed E-state index contributed by atoms with van der Waals surface area (Å²) in [7, 11) is 1.76. The lowest BCUT2D eigenvalue weighted by Crippen LogP contribution is -2.43. The van der Waals surface area contributed by atoms with E-state index in [2.05, 4.69) is 31.2 Å². The van der Waals surface area contributed by atoms with Crippen LogP contribution in [0.25, 0.3) is 22.4 Å². The quantitative estimate of drug-likeness (QED) is 0.272. The number of carbonyl (C=O) groups excluding carboxylic acids is 1. The number of fused-ring (bicyclic) bond motifs is 1. The highest BCUT2D eigenvalue weighted by molar-refractivity contribution is 9.10. The molecule has 210 valence electrons. The number of hydrogen-bond acceptors (Lipinski definition) is 5. The van der Waals surface area contributed by atoms with Crippen molar-refractivity contribution in [2.75, 3.05) is 5.32 Å². The summed E-state index contributed by atoms with van der Waals surface area (Å²) in [5, 5.41) is 2.86. The molecule has 42 heavy (non-hydrogen) atoms. The van der Waals surface area contributed by atoms with Crippen LogP contribution in [0.2, 0.25) is 0 Å². The first-order valence-electron chi connectivity index (χ1n) is 13.2. The number of carbonyl (C=O) groups is 1. The number of halogens is 1. The third kappa shape index (κ3) is 5.34. The standard InChI is InChI=1S/C31H26BrN7O3/c1-36-19-33-26(23-12-14-24(32)15-13-23)28(36)35-25(40)18-39-30(41)27-29(34-20-37(27)16-21-8-4-2-5-9-21)38(31(39)42)17-22-10-6-3-7-11-22/h2-15,19-20H,16-18H2,1H3,(H,35,40). The van der Waals surface area contributed by atoms with Gasteiger partial charge in [-0.3, -0.25) is 14.2 Å². The van der Waals surface area contributed by atoms with Crippen LogP contribution in [0.1, 0.15) is 11.1 Å². The van der Waals surface area contributed by atoms with Gasteiger partial charge in [-0.05, 0) is 23.3 Å². The van der Waals surface area contributed by atoms with Crippen LogP contribution in [0, 0.1) is 0 Å². The Morgan fingerprint density at radius 2 is 1.45 bits per heavy atom. The zero-order valence-electron chi connectivity index (χ0n) is 22.6. The lowest BCUT2D eigenvalue weighted by atomic mass is 10.1. The molecule has 0 saturated heterocycles. The minimum absolute atomic E-state index is 0.190. The zero-order chi connectivity index (χ0) is 29.2. The van der Waals surface area contributed by atoms with Crippen LogP contribution in [0.3, 0.4) is 0 Å². The number of benzene rings is 3. The molecule has 6 rings (SSSR count). The van der Waals surface area contributed by atoms with Gasteiger partial charge in [0.2, 0.25) is 5.91 Å². The number of rotatable bonds is 8. The maximum absolute atomic E-state index is 13.8. The Bertz CT molecular complexity index is 2010. The minimum Gasteiger partial charge on any atom is -0.320 e. The Labute approximate surface area is 248 Å². The average Bonchev–Trinajstić information content (AvgIpc) is 3.58. The van der Waals surface area contributed by atoms with Crippen molar-refractivity contribution in [2.24, 2.45) is 7.05 Å². The second-order valence-corrected chi connectivity index (χ2v) is 10.8. The minimum atomic E-state index is -0.616. The highest BCUT2D eigenvalue weighted by atomic mass is 79.9. The molecule has 10 nitrogen and oxygen atoms in total. The van der Waals surface area contributed by atoms with E-state index >= 15 is 0 Å². The topological polar surface area (TPSA) is 109 Å². The van der Waals surface area contributed by atoms with Crippen molar-refractivity contribution < 1.29 is 4.79 Å². The summed E-state index contributed by atoms with van der Waals surface area (Å²) in [4.78, 5) is 49.9. The van der Waals surface area contributed by atoms with Gasteiger partial charge in [-0.15, -0.1) is 0 Å². The number of hydrogen-bond donors (Lipinski definition) is 1. The normalized spacial score (nSPS) is 11.2. The van der Waals surface area contributed by atoms with Crippen molar-refractivity contribution in [2.45, 2.75) is 19.6 Å². The Hall–Kier alpha value is -5.03. The van der Waals surface area contributed by atoms with Crippen LogP contribution in [0.5, 0.6) is 0 Å². The van der Waals surface area contributed by atoms with Gasteiger partial charge in [-0.1, -0.05) is 88.7 Å². The molecular formula is C31H26BrN7O3. The third-order valence-electron chi connectivity index (χ3n) is 6.98. The molecule has 0 radical (unpaired) electrons. The molecule has 11 heteroatoms. The smallest absolute Gasteiger partial charge is 0.320 e. The van der Waals surface area contributed by atoms with E-state index < -0.39 is 23.7 Å². The highest BCUT2D eigenvalue weighted by Crippen LogP contribution is 2.27. The van der Waals surface area contributed by atoms with Gasteiger partial charge in [0, 0.05) is 23.6 Å². The fourth-order valence-electron chi connectivity index (χ4n) is 4.90. The van der Waals surface area contributed by atoms with Crippen molar-refractivity contribution in [3.63, 3.8) is 0 Å². The Balaban J connectivity index is 1.40. The summed E-state index contributed by atoms with van der Waals surface area (Å²) >= 11 is 3.43. The predicted molar refractivity (Wildman–Crippen MR) is 164 cm³/mol. The molecule has 3 heterocycles. The molecule has 0 aliphatic carbocycles. The zero-order valence-corrected chi connectivity index (χ0v) is 24.2. The van der Waals surface area contributed by atoms with Crippen molar-refractivity contribution in [3.8, 4) is 11.3 Å². The van der Waals surface area contributed by atoms with Gasteiger partial charge in [-0.25, -0.2) is 19.3 Å². The number of nitrogens with zero attached hydrogens (tertiary/aromatic N) is 6. The van der Waals surface area contributed by atoms with Gasteiger partial charge in [0.25, 0.3) is 5.56 Å². The first-order valence-corrected chi connectivity index (χ1v) is 14.0. The number of anilines is 1. The predicted octanol–water partition coefficient (Wildman–Crippen LogP) is 4.26. The molecule has 0 atom stereocenters. The Kier molecular flexibility index (Phi) is 7.41. The Morgan fingerprint density at radius 1 is 0.810 bits per heavy atom. The molecule has 6 aromatic rings. The number of imidazole rings is 2. The molecule has 0 saturated carbocycles. The number of nitrogens with one attached hydrogen (secondary N) is 1. The fourth-order valence-corrected chi connectivity index (χ4v) is 5.16. The molecule has 1 amide bonds. The molecule has 0 aliphatic rings. The summed E-state index contributed by atoms with van der Waals surface area (Å²) in [5.41, 5.74) is 2.53. The van der Waals surface area contributed by atoms with Crippen molar-refractivity contribution >= 4 is 38.8 Å². The molecule has 3 aromatic heterocycles. The average molecular weight is 624 g/mol. The maximum Gasteiger partial charge on any atom is 0.333 e. The number of amides is 1. The number of aryl methyl sites for hydroxylation is 1. The monoisotopic (exact) mass is 623 g/mol. The van der Waals surface area contributed by atoms with Crippen LogP contribution in [-0.2, 0) is 31.5 Å². The molecule has 1 N–H and O–H groups in total. The third-order valence-corrected chi connectivity index (χ3v) is 7.51. The first kappa shape index (κ1) is 27.2. The molecule has 0 unspecified atom stereocenters. The van der Waals surface area contributed by atoms with Gasteiger partial charge < -0.3 is 14.5 Å². The van der Waals surface area contributed by atoms with Crippen LogP contribution in [-0.4, -0.2) is 34.1 Å². The van der Waals surface area contributed by atoms with Crippen LogP contribution < -0.4 is 16.6 Å². The molecule has 0 aliphatic heterocycles. The van der Waals surface area contributed by atoms with E-state index in [4.69, 9.17) is 0 Å². The van der Waals surface area contributed by atoms with E-state index in [1.165, 1.54) is 4.57 Å². The van der Waals surface area contributed by atoms with E-state index in [0.29, 0.717) is 18.1 Å². The summed E-state index contributed by atoms with van der Waals surface area (Å²) in [5.74, 6) is -0.0777.